The number of hydrazone groups is 1. The number of hydrogen-bond donors (Lipinski definition) is 4. The summed E-state index contributed by atoms with van der Waals surface area (Å²) in [6, 6.07) is 0. The van der Waals surface area contributed by atoms with Gasteiger partial charge in [0.2, 0.25) is 5.96 Å². The van der Waals surface area contributed by atoms with Crippen LogP contribution in [0.1, 0.15) is 10.5 Å². The zero-order valence-corrected chi connectivity index (χ0v) is 8.60. The molecule has 16 heavy (non-hydrogen) atoms. The van der Waals surface area contributed by atoms with E-state index in [9.17, 15) is 4.79 Å². The lowest BCUT2D eigenvalue weighted by atomic mass is 10.4. The van der Waals surface area contributed by atoms with Crippen molar-refractivity contribution in [3.05, 3.63) is 17.0 Å². The van der Waals surface area contributed by atoms with Crippen molar-refractivity contribution in [2.45, 2.75) is 0 Å². The predicted octanol–water partition coefficient (Wildman–Crippen LogP) is -1.44. The molecule has 1 aromatic heterocycles. The molecule has 0 saturated heterocycles. The lowest BCUT2D eigenvalue weighted by molar-refractivity contribution is 0.0376. The first-order chi connectivity index (χ1) is 7.54. The zero-order chi connectivity index (χ0) is 12.1. The summed E-state index contributed by atoms with van der Waals surface area (Å²) in [6.07, 6.45) is 1.10. The smallest absolute Gasteiger partial charge is 0.381 e. The second-order valence-corrected chi connectivity index (χ2v) is 2.80. The van der Waals surface area contributed by atoms with Gasteiger partial charge in [0.1, 0.15) is 0 Å². The number of guanidine groups is 1. The van der Waals surface area contributed by atoms with Crippen LogP contribution in [-0.2, 0) is 4.84 Å². The van der Waals surface area contributed by atoms with E-state index in [-0.39, 0.29) is 22.6 Å². The number of nitrogens with zero attached hydrogens (tertiary/aromatic N) is 3. The molecule has 1 rings (SSSR count). The molecule has 0 aliphatic heterocycles. The zero-order valence-electron chi connectivity index (χ0n) is 7.85. The Morgan fingerprint density at radius 1 is 1.62 bits per heavy atom. The quantitative estimate of drug-likeness (QED) is 0.203. The summed E-state index contributed by atoms with van der Waals surface area (Å²) in [4.78, 5) is 23.0. The van der Waals surface area contributed by atoms with Crippen LogP contribution in [0.4, 0.5) is 5.82 Å². The Bertz CT molecular complexity index is 435. The minimum Gasteiger partial charge on any atom is -0.381 e. The molecular weight excluding hydrogens is 238 g/mol. The van der Waals surface area contributed by atoms with E-state index in [0.29, 0.717) is 0 Å². The molecule has 0 aliphatic rings. The summed E-state index contributed by atoms with van der Waals surface area (Å²) in [6.45, 7) is 0. The highest BCUT2D eigenvalue weighted by Crippen LogP contribution is 2.12. The highest BCUT2D eigenvalue weighted by atomic mass is 35.5. The summed E-state index contributed by atoms with van der Waals surface area (Å²) >= 11 is 5.55. The first-order valence-electron chi connectivity index (χ1n) is 3.83. The second-order valence-electron chi connectivity index (χ2n) is 2.44. The Morgan fingerprint density at radius 3 is 2.88 bits per heavy atom. The molecule has 0 amide bonds. The standard InChI is InChI=1S/C6H8ClN7O2/c7-3-4(8)11-1-2(12-3)5(15)16-14-6(9)13-10/h1H,10H2,(H2,8,11)(H3,9,13,14). The van der Waals surface area contributed by atoms with Crippen LogP contribution in [0.15, 0.2) is 11.3 Å². The van der Waals surface area contributed by atoms with Gasteiger partial charge in [0.15, 0.2) is 16.7 Å². The van der Waals surface area contributed by atoms with E-state index in [1.807, 2.05) is 5.48 Å². The fraction of sp³-hybridized carbons (Fsp3) is 0. The van der Waals surface area contributed by atoms with E-state index >= 15 is 0 Å². The van der Waals surface area contributed by atoms with Crippen molar-refractivity contribution < 1.29 is 9.63 Å². The van der Waals surface area contributed by atoms with Gasteiger partial charge in [-0.2, -0.15) is 5.48 Å². The van der Waals surface area contributed by atoms with Gasteiger partial charge in [0.25, 0.3) is 0 Å². The van der Waals surface area contributed by atoms with Gasteiger partial charge in [-0.05, 0) is 0 Å². The van der Waals surface area contributed by atoms with Gasteiger partial charge in [0.05, 0.1) is 6.20 Å². The fourth-order valence-electron chi connectivity index (χ4n) is 0.651. The first-order valence-corrected chi connectivity index (χ1v) is 4.21. The van der Waals surface area contributed by atoms with E-state index in [4.69, 9.17) is 28.9 Å². The van der Waals surface area contributed by atoms with E-state index in [0.717, 1.165) is 6.20 Å². The average molecular weight is 246 g/mol. The number of halogens is 1. The SMILES string of the molecule is NN=C(N)NOC(=O)c1cnc(N)c(Cl)n1. The molecule has 0 aromatic carbocycles. The predicted molar refractivity (Wildman–Crippen MR) is 55.8 cm³/mol. The first kappa shape index (κ1) is 11.8. The number of hydroxylamine groups is 1. The van der Waals surface area contributed by atoms with Crippen LogP contribution in [0.2, 0.25) is 5.15 Å². The molecule has 86 valence electrons. The number of anilines is 1. The Balaban J connectivity index is 2.70. The van der Waals surface area contributed by atoms with Crippen LogP contribution >= 0.6 is 11.6 Å². The summed E-state index contributed by atoms with van der Waals surface area (Å²) < 4.78 is 0. The highest BCUT2D eigenvalue weighted by molar-refractivity contribution is 6.31. The number of carbonyl (C=O) groups is 1. The van der Waals surface area contributed by atoms with Crippen LogP contribution in [0.5, 0.6) is 0 Å². The fourth-order valence-corrected chi connectivity index (χ4v) is 0.791. The van der Waals surface area contributed by atoms with Crippen LogP contribution in [-0.4, -0.2) is 21.9 Å². The Kier molecular flexibility index (Phi) is 3.67. The maximum absolute atomic E-state index is 11.3. The number of rotatable bonds is 1. The monoisotopic (exact) mass is 245 g/mol. The van der Waals surface area contributed by atoms with Gasteiger partial charge in [-0.15, -0.1) is 5.10 Å². The number of nitrogens with one attached hydrogen (secondary N) is 1. The molecule has 1 heterocycles. The van der Waals surface area contributed by atoms with Crippen molar-refractivity contribution in [1.82, 2.24) is 15.4 Å². The Hall–Kier alpha value is -2.29. The average Bonchev–Trinajstić information content (AvgIpc) is 2.29. The largest absolute Gasteiger partial charge is 0.382 e. The van der Waals surface area contributed by atoms with E-state index < -0.39 is 5.97 Å². The molecule has 0 aliphatic carbocycles. The molecule has 1 aromatic rings. The molecule has 0 fully saturated rings. The normalized spacial score (nSPS) is 10.9. The van der Waals surface area contributed by atoms with Crippen LogP contribution in [0, 0.1) is 0 Å². The lowest BCUT2D eigenvalue weighted by Crippen LogP contribution is -2.34. The van der Waals surface area contributed by atoms with E-state index in [1.165, 1.54) is 0 Å². The minimum absolute atomic E-state index is 0.00853. The third kappa shape index (κ3) is 2.85. The highest BCUT2D eigenvalue weighted by Gasteiger charge is 2.12. The molecule has 10 heteroatoms. The molecular formula is C6H8ClN7O2. The molecule has 0 bridgehead atoms. The van der Waals surface area contributed by atoms with Crippen molar-refractivity contribution in [2.75, 3.05) is 5.73 Å². The van der Waals surface area contributed by atoms with E-state index in [1.54, 1.807) is 0 Å². The van der Waals surface area contributed by atoms with Crippen molar-refractivity contribution in [1.29, 1.82) is 0 Å². The van der Waals surface area contributed by atoms with Crippen molar-refractivity contribution in [3.63, 3.8) is 0 Å². The van der Waals surface area contributed by atoms with Gasteiger partial charge in [-0.25, -0.2) is 14.8 Å². The molecule has 0 atom stereocenters. The summed E-state index contributed by atoms with van der Waals surface area (Å²) in [7, 11) is 0. The van der Waals surface area contributed by atoms with Gasteiger partial charge >= 0.3 is 5.97 Å². The molecule has 0 saturated carbocycles. The van der Waals surface area contributed by atoms with Crippen molar-refractivity contribution >= 4 is 29.3 Å². The molecule has 7 N–H and O–H groups in total. The van der Waals surface area contributed by atoms with Gasteiger partial charge in [-0.1, -0.05) is 11.6 Å². The molecule has 0 unspecified atom stereocenters. The molecule has 9 nitrogen and oxygen atoms in total. The van der Waals surface area contributed by atoms with Crippen LogP contribution in [0.25, 0.3) is 0 Å². The van der Waals surface area contributed by atoms with Crippen molar-refractivity contribution in [3.8, 4) is 0 Å². The molecule has 0 radical (unpaired) electrons. The summed E-state index contributed by atoms with van der Waals surface area (Å²) in [5.74, 6) is 3.66. The lowest BCUT2D eigenvalue weighted by Gasteiger charge is -2.04. The van der Waals surface area contributed by atoms with Crippen LogP contribution < -0.4 is 22.8 Å². The third-order valence-electron chi connectivity index (χ3n) is 1.35. The maximum Gasteiger partial charge on any atom is 0.382 e. The Morgan fingerprint density at radius 2 is 2.31 bits per heavy atom. The number of nitrogen functional groups attached to an aromatic ring is 1. The minimum atomic E-state index is -0.860. The molecule has 0 spiro atoms. The van der Waals surface area contributed by atoms with Crippen LogP contribution in [0.3, 0.4) is 0 Å². The topological polar surface area (TPSA) is 155 Å². The maximum atomic E-state index is 11.3. The Labute approximate surface area is 94.6 Å². The summed E-state index contributed by atoms with van der Waals surface area (Å²) in [5.41, 5.74) is 12.2. The number of hydrogen-bond acceptors (Lipinski definition) is 7. The summed E-state index contributed by atoms with van der Waals surface area (Å²) in [5, 5.41) is 2.91. The van der Waals surface area contributed by atoms with Gasteiger partial charge in [-0.3, -0.25) is 0 Å². The van der Waals surface area contributed by atoms with Crippen molar-refractivity contribution in [2.24, 2.45) is 16.7 Å². The number of carbonyl (C=O) groups excluding carboxylic acids is 1. The van der Waals surface area contributed by atoms with E-state index in [2.05, 4.69) is 19.9 Å². The third-order valence-corrected chi connectivity index (χ3v) is 1.63. The van der Waals surface area contributed by atoms with Gasteiger partial charge in [0, 0.05) is 0 Å². The second kappa shape index (κ2) is 4.98. The number of aromatic nitrogens is 2. The van der Waals surface area contributed by atoms with Gasteiger partial charge < -0.3 is 22.1 Å². The number of nitrogens with two attached hydrogens (primary N) is 3.